The summed E-state index contributed by atoms with van der Waals surface area (Å²) >= 11 is 1.59. The van der Waals surface area contributed by atoms with Gasteiger partial charge in [0, 0.05) is 17.1 Å². The van der Waals surface area contributed by atoms with Crippen molar-refractivity contribution in [2.45, 2.75) is 0 Å². The summed E-state index contributed by atoms with van der Waals surface area (Å²) < 4.78 is 0. The zero-order chi connectivity index (χ0) is 6.81. The molecular formula is C6H5N3S. The Labute approximate surface area is 61.7 Å². The van der Waals surface area contributed by atoms with Crippen LogP contribution in [0, 0.1) is 0 Å². The van der Waals surface area contributed by atoms with Crippen LogP contribution in [0.5, 0.6) is 0 Å². The molecule has 2 heterocycles. The van der Waals surface area contributed by atoms with E-state index < -0.39 is 0 Å². The smallest absolute Gasteiger partial charge is 0.0842 e. The first-order valence-corrected chi connectivity index (χ1v) is 3.78. The first kappa shape index (κ1) is 5.61. The number of rotatable bonds is 1. The van der Waals surface area contributed by atoms with Crippen molar-refractivity contribution in [3.8, 4) is 11.3 Å². The Morgan fingerprint density at radius 2 is 2.50 bits per heavy atom. The Hall–Kier alpha value is -1.16. The second-order valence-corrected chi connectivity index (χ2v) is 2.58. The van der Waals surface area contributed by atoms with Crippen molar-refractivity contribution in [2.24, 2.45) is 0 Å². The highest BCUT2D eigenvalue weighted by Gasteiger charge is 1.97. The minimum Gasteiger partial charge on any atom is -0.285 e. The molecule has 0 spiro atoms. The van der Waals surface area contributed by atoms with E-state index in [-0.39, 0.29) is 0 Å². The second-order valence-electron chi connectivity index (χ2n) is 1.86. The molecule has 0 atom stereocenters. The van der Waals surface area contributed by atoms with Crippen LogP contribution in [0.4, 0.5) is 0 Å². The molecule has 2 rings (SSSR count). The highest BCUT2D eigenvalue weighted by Crippen LogP contribution is 2.15. The highest BCUT2D eigenvalue weighted by molar-refractivity contribution is 7.07. The van der Waals surface area contributed by atoms with E-state index in [1.807, 2.05) is 17.1 Å². The molecule has 0 fully saturated rings. The van der Waals surface area contributed by atoms with Crippen molar-refractivity contribution in [1.82, 2.24) is 15.2 Å². The maximum absolute atomic E-state index is 4.12. The van der Waals surface area contributed by atoms with Gasteiger partial charge in [0.05, 0.1) is 17.4 Å². The monoisotopic (exact) mass is 151 g/mol. The number of nitrogens with zero attached hydrogens (tertiary/aromatic N) is 2. The van der Waals surface area contributed by atoms with Gasteiger partial charge in [0.2, 0.25) is 0 Å². The lowest BCUT2D eigenvalue weighted by molar-refractivity contribution is 1.09. The number of thiazole rings is 1. The minimum absolute atomic E-state index is 0.985. The molecule has 0 saturated heterocycles. The standard InChI is InChI=1S/C6H5N3S/c1-5(2-9-8-1)6-3-10-4-7-6/h1-4H,(H,8,9). The molecule has 4 heteroatoms. The summed E-state index contributed by atoms with van der Waals surface area (Å²) in [5.74, 6) is 0. The molecule has 1 N–H and O–H groups in total. The maximum Gasteiger partial charge on any atom is 0.0842 e. The highest BCUT2D eigenvalue weighted by atomic mass is 32.1. The Balaban J connectivity index is 2.48. The Morgan fingerprint density at radius 1 is 1.50 bits per heavy atom. The first-order chi connectivity index (χ1) is 4.97. The molecule has 0 amide bonds. The van der Waals surface area contributed by atoms with Crippen molar-refractivity contribution in [2.75, 3.05) is 0 Å². The number of aromatic amines is 1. The first-order valence-electron chi connectivity index (χ1n) is 2.84. The van der Waals surface area contributed by atoms with E-state index in [1.165, 1.54) is 0 Å². The lowest BCUT2D eigenvalue weighted by Gasteiger charge is -1.82. The van der Waals surface area contributed by atoms with Crippen molar-refractivity contribution in [3.05, 3.63) is 23.3 Å². The fourth-order valence-electron chi connectivity index (χ4n) is 0.746. The molecule has 0 aliphatic heterocycles. The van der Waals surface area contributed by atoms with E-state index in [0.29, 0.717) is 0 Å². The van der Waals surface area contributed by atoms with E-state index in [1.54, 1.807) is 17.5 Å². The van der Waals surface area contributed by atoms with E-state index in [0.717, 1.165) is 11.3 Å². The SMILES string of the molecule is c1nc(-c2cn[nH]c2)cs1. The van der Waals surface area contributed by atoms with Crippen LogP contribution in [0.15, 0.2) is 23.3 Å². The lowest BCUT2D eigenvalue weighted by Crippen LogP contribution is -1.68. The van der Waals surface area contributed by atoms with E-state index in [9.17, 15) is 0 Å². The third-order valence-corrected chi connectivity index (χ3v) is 1.81. The van der Waals surface area contributed by atoms with Crippen LogP contribution in [-0.2, 0) is 0 Å². The average Bonchev–Trinajstić information content (AvgIpc) is 2.59. The van der Waals surface area contributed by atoms with Gasteiger partial charge in [-0.25, -0.2) is 4.98 Å². The van der Waals surface area contributed by atoms with Crippen LogP contribution in [0.1, 0.15) is 0 Å². The van der Waals surface area contributed by atoms with Gasteiger partial charge in [-0.05, 0) is 0 Å². The summed E-state index contributed by atoms with van der Waals surface area (Å²) in [6, 6.07) is 0. The Morgan fingerprint density at radius 3 is 3.10 bits per heavy atom. The largest absolute Gasteiger partial charge is 0.285 e. The second kappa shape index (κ2) is 2.22. The number of H-pyrrole nitrogens is 1. The van der Waals surface area contributed by atoms with Gasteiger partial charge in [0.1, 0.15) is 0 Å². The molecule has 50 valence electrons. The molecule has 0 aliphatic carbocycles. The lowest BCUT2D eigenvalue weighted by atomic mass is 10.3. The normalized spacial score (nSPS) is 10.0. The summed E-state index contributed by atoms with van der Waals surface area (Å²) in [7, 11) is 0. The summed E-state index contributed by atoms with van der Waals surface area (Å²) in [6.07, 6.45) is 3.59. The van der Waals surface area contributed by atoms with Crippen molar-refractivity contribution in [1.29, 1.82) is 0 Å². The van der Waals surface area contributed by atoms with Crippen LogP contribution in [-0.4, -0.2) is 15.2 Å². The van der Waals surface area contributed by atoms with Crippen LogP contribution >= 0.6 is 11.3 Å². The zero-order valence-electron chi connectivity index (χ0n) is 5.11. The molecular weight excluding hydrogens is 146 g/mol. The number of nitrogens with one attached hydrogen (secondary N) is 1. The summed E-state index contributed by atoms with van der Waals surface area (Å²) in [6.45, 7) is 0. The summed E-state index contributed by atoms with van der Waals surface area (Å²) in [5.41, 5.74) is 3.84. The molecule has 0 aromatic carbocycles. The minimum atomic E-state index is 0.985. The van der Waals surface area contributed by atoms with Crippen molar-refractivity contribution >= 4 is 11.3 Å². The van der Waals surface area contributed by atoms with Gasteiger partial charge in [0.15, 0.2) is 0 Å². The zero-order valence-corrected chi connectivity index (χ0v) is 5.93. The van der Waals surface area contributed by atoms with Crippen molar-refractivity contribution in [3.63, 3.8) is 0 Å². The molecule has 0 radical (unpaired) electrons. The number of hydrogen-bond donors (Lipinski definition) is 1. The van der Waals surface area contributed by atoms with Gasteiger partial charge in [0.25, 0.3) is 0 Å². The van der Waals surface area contributed by atoms with Gasteiger partial charge < -0.3 is 0 Å². The van der Waals surface area contributed by atoms with Gasteiger partial charge in [-0.1, -0.05) is 0 Å². The third-order valence-electron chi connectivity index (χ3n) is 1.23. The molecule has 0 unspecified atom stereocenters. The molecule has 3 nitrogen and oxygen atoms in total. The van der Waals surface area contributed by atoms with Gasteiger partial charge in [-0.2, -0.15) is 5.10 Å². The molecule has 0 bridgehead atoms. The Kier molecular flexibility index (Phi) is 1.25. The summed E-state index contributed by atoms with van der Waals surface area (Å²) in [4.78, 5) is 4.12. The van der Waals surface area contributed by atoms with Crippen LogP contribution in [0.2, 0.25) is 0 Å². The van der Waals surface area contributed by atoms with Gasteiger partial charge in [-0.15, -0.1) is 11.3 Å². The topological polar surface area (TPSA) is 41.6 Å². The van der Waals surface area contributed by atoms with Crippen LogP contribution in [0.25, 0.3) is 11.3 Å². The van der Waals surface area contributed by atoms with Crippen LogP contribution in [0.3, 0.4) is 0 Å². The third kappa shape index (κ3) is 0.823. The van der Waals surface area contributed by atoms with Crippen molar-refractivity contribution < 1.29 is 0 Å². The van der Waals surface area contributed by atoms with E-state index >= 15 is 0 Å². The predicted molar refractivity (Wildman–Crippen MR) is 39.7 cm³/mol. The van der Waals surface area contributed by atoms with E-state index in [4.69, 9.17) is 0 Å². The number of hydrogen-bond acceptors (Lipinski definition) is 3. The van der Waals surface area contributed by atoms with Gasteiger partial charge in [-0.3, -0.25) is 5.10 Å². The predicted octanol–water partition coefficient (Wildman–Crippen LogP) is 1.53. The quantitative estimate of drug-likeness (QED) is 0.671. The molecule has 10 heavy (non-hydrogen) atoms. The average molecular weight is 151 g/mol. The molecule has 0 saturated carbocycles. The van der Waals surface area contributed by atoms with Crippen LogP contribution < -0.4 is 0 Å². The fourth-order valence-corrected chi connectivity index (χ4v) is 1.31. The van der Waals surface area contributed by atoms with Gasteiger partial charge >= 0.3 is 0 Å². The van der Waals surface area contributed by atoms with E-state index in [2.05, 4.69) is 15.2 Å². The molecule has 2 aromatic heterocycles. The molecule has 0 aliphatic rings. The molecule has 2 aromatic rings. The summed E-state index contributed by atoms with van der Waals surface area (Å²) in [5, 5.41) is 8.54. The number of aromatic nitrogens is 3. The maximum atomic E-state index is 4.12. The fraction of sp³-hybridized carbons (Fsp3) is 0. The Bertz CT molecular complexity index is 252.